The van der Waals surface area contributed by atoms with Crippen LogP contribution in [0.4, 0.5) is 23.9 Å². The van der Waals surface area contributed by atoms with E-state index in [0.29, 0.717) is 44.1 Å². The number of hydrogen-bond donors (Lipinski definition) is 1. The van der Waals surface area contributed by atoms with Crippen LogP contribution in [0, 0.1) is 17.5 Å². The molecule has 2 aliphatic rings. The number of anilines is 1. The average Bonchev–Trinajstić information content (AvgIpc) is 3.51. The number of amides is 2. The first-order valence-corrected chi connectivity index (χ1v) is 10.2. The Labute approximate surface area is 185 Å². The number of aromatic nitrogens is 5. The summed E-state index contributed by atoms with van der Waals surface area (Å²) in [6.45, 7) is 1.50. The summed E-state index contributed by atoms with van der Waals surface area (Å²) in [6.07, 6.45) is 4.36. The minimum atomic E-state index is -0.706. The number of carbonyl (C=O) groups is 1. The van der Waals surface area contributed by atoms with Gasteiger partial charge in [0, 0.05) is 44.9 Å². The largest absolute Gasteiger partial charge is 0.341 e. The van der Waals surface area contributed by atoms with E-state index in [4.69, 9.17) is 0 Å². The van der Waals surface area contributed by atoms with E-state index in [1.807, 2.05) is 4.90 Å². The highest BCUT2D eigenvalue weighted by molar-refractivity contribution is 5.78. The Morgan fingerprint density at radius 2 is 1.79 bits per heavy atom. The van der Waals surface area contributed by atoms with Crippen LogP contribution in [0.25, 0.3) is 11.4 Å². The lowest BCUT2D eigenvalue weighted by atomic mass is 10.0. The zero-order valence-electron chi connectivity index (χ0n) is 17.2. The van der Waals surface area contributed by atoms with E-state index in [1.165, 1.54) is 23.3 Å². The molecule has 0 spiro atoms. The monoisotopic (exact) mass is 457 g/mol. The van der Waals surface area contributed by atoms with E-state index in [-0.39, 0.29) is 17.4 Å². The molecule has 170 valence electrons. The van der Waals surface area contributed by atoms with Crippen molar-refractivity contribution in [1.82, 2.24) is 35.3 Å². The van der Waals surface area contributed by atoms with Gasteiger partial charge in [-0.2, -0.15) is 20.5 Å². The van der Waals surface area contributed by atoms with Crippen molar-refractivity contribution in [2.75, 3.05) is 31.1 Å². The van der Waals surface area contributed by atoms with E-state index in [9.17, 15) is 18.0 Å². The van der Waals surface area contributed by atoms with Crippen molar-refractivity contribution in [2.45, 2.75) is 12.5 Å². The second-order valence-electron chi connectivity index (χ2n) is 7.58. The highest BCUT2D eigenvalue weighted by Gasteiger charge is 2.34. The third-order valence-electron chi connectivity index (χ3n) is 5.52. The summed E-state index contributed by atoms with van der Waals surface area (Å²) in [5, 5.41) is 15.3. The molecule has 10 nitrogen and oxygen atoms in total. The van der Waals surface area contributed by atoms with Gasteiger partial charge in [-0.1, -0.05) is 0 Å². The van der Waals surface area contributed by atoms with Crippen molar-refractivity contribution >= 4 is 18.2 Å². The van der Waals surface area contributed by atoms with E-state index < -0.39 is 23.5 Å². The smallest absolute Gasteiger partial charge is 0.337 e. The van der Waals surface area contributed by atoms with Crippen LogP contribution >= 0.6 is 0 Å². The maximum atomic E-state index is 14.1. The molecule has 1 fully saturated rings. The lowest BCUT2D eigenvalue weighted by Crippen LogP contribution is -2.52. The van der Waals surface area contributed by atoms with Gasteiger partial charge in [0.15, 0.2) is 5.82 Å². The third-order valence-corrected chi connectivity index (χ3v) is 5.52. The van der Waals surface area contributed by atoms with Gasteiger partial charge in [0.1, 0.15) is 23.0 Å². The molecule has 13 heteroatoms. The van der Waals surface area contributed by atoms with E-state index in [0.717, 1.165) is 12.3 Å². The number of rotatable bonds is 3. The van der Waals surface area contributed by atoms with Gasteiger partial charge in [0.25, 0.3) is 0 Å². The lowest BCUT2D eigenvalue weighted by Gasteiger charge is -2.37. The topological polar surface area (TPSA) is 106 Å². The molecule has 1 saturated heterocycles. The molecule has 2 aliphatic heterocycles. The lowest BCUT2D eigenvalue weighted by molar-refractivity contribution is 0.139. The second kappa shape index (κ2) is 8.48. The molecule has 1 aromatic carbocycles. The molecular weight excluding hydrogens is 439 g/mol. The first-order chi connectivity index (χ1) is 16.0. The Kier molecular flexibility index (Phi) is 5.36. The van der Waals surface area contributed by atoms with Crippen molar-refractivity contribution in [3.63, 3.8) is 0 Å². The molecule has 4 heterocycles. The number of halogens is 3. The summed E-state index contributed by atoms with van der Waals surface area (Å²) < 4.78 is 41.5. The van der Waals surface area contributed by atoms with E-state index in [2.05, 4.69) is 30.5 Å². The summed E-state index contributed by atoms with van der Waals surface area (Å²) >= 11 is 0. The van der Waals surface area contributed by atoms with Crippen LogP contribution in [0.15, 0.2) is 35.7 Å². The molecule has 2 aromatic heterocycles. The summed E-state index contributed by atoms with van der Waals surface area (Å²) in [6, 6.07) is 2.27. The van der Waals surface area contributed by atoms with Gasteiger partial charge in [-0.05, 0) is 17.7 Å². The Bertz CT molecular complexity index is 1180. The molecule has 0 saturated carbocycles. The van der Waals surface area contributed by atoms with Gasteiger partial charge in [0.2, 0.25) is 5.95 Å². The van der Waals surface area contributed by atoms with Crippen molar-refractivity contribution in [3.05, 3.63) is 53.6 Å². The number of hydrogen-bond acceptors (Lipinski definition) is 7. The van der Waals surface area contributed by atoms with Crippen molar-refractivity contribution < 1.29 is 18.0 Å². The summed E-state index contributed by atoms with van der Waals surface area (Å²) in [5.41, 5.74) is 0.637. The number of carbonyl (C=O) groups excluding carboxylic acids is 1. The molecule has 0 radical (unpaired) electrons. The number of urea groups is 1. The number of piperazine rings is 1. The zero-order valence-corrected chi connectivity index (χ0v) is 17.2. The molecule has 0 aliphatic carbocycles. The fourth-order valence-electron chi connectivity index (χ4n) is 3.89. The Balaban J connectivity index is 1.27. The maximum absolute atomic E-state index is 14.1. The third kappa shape index (κ3) is 4.08. The molecule has 3 aromatic rings. The SMILES string of the molecule is O=C(N1CCN(c2ncc(F)c(-c3cn[nH]n3)n2)CC1)N1N=CCC1c1cc(F)cc(F)c1. The molecule has 1 unspecified atom stereocenters. The Morgan fingerprint density at radius 3 is 2.48 bits per heavy atom. The predicted molar refractivity (Wildman–Crippen MR) is 111 cm³/mol. The summed E-state index contributed by atoms with van der Waals surface area (Å²) in [4.78, 5) is 24.8. The van der Waals surface area contributed by atoms with Crippen LogP contribution in [-0.2, 0) is 0 Å². The van der Waals surface area contributed by atoms with Gasteiger partial charge < -0.3 is 9.80 Å². The van der Waals surface area contributed by atoms with Crippen LogP contribution in [0.2, 0.25) is 0 Å². The quantitative estimate of drug-likeness (QED) is 0.647. The minimum absolute atomic E-state index is 0.0313. The second-order valence-corrected chi connectivity index (χ2v) is 7.58. The van der Waals surface area contributed by atoms with E-state index >= 15 is 0 Å². The van der Waals surface area contributed by atoms with Crippen molar-refractivity contribution in [2.24, 2.45) is 5.10 Å². The number of benzene rings is 1. The number of hydrazone groups is 1. The molecular formula is C20H18F3N9O. The van der Waals surface area contributed by atoms with Crippen molar-refractivity contribution in [1.29, 1.82) is 0 Å². The molecule has 0 bridgehead atoms. The summed E-state index contributed by atoms with van der Waals surface area (Å²) in [7, 11) is 0. The van der Waals surface area contributed by atoms with Crippen LogP contribution in [0.3, 0.4) is 0 Å². The zero-order chi connectivity index (χ0) is 22.9. The van der Waals surface area contributed by atoms with Gasteiger partial charge in [-0.25, -0.2) is 32.9 Å². The predicted octanol–water partition coefficient (Wildman–Crippen LogP) is 2.35. The molecule has 1 N–H and O–H groups in total. The number of aromatic amines is 1. The normalized spacial score (nSPS) is 18.3. The molecule has 5 rings (SSSR count). The summed E-state index contributed by atoms with van der Waals surface area (Å²) in [5.74, 6) is -1.72. The first-order valence-electron chi connectivity index (χ1n) is 10.2. The fourth-order valence-corrected chi connectivity index (χ4v) is 3.89. The van der Waals surface area contributed by atoms with Gasteiger partial charge in [0.05, 0.1) is 18.4 Å². The number of H-pyrrole nitrogens is 1. The molecule has 1 atom stereocenters. The van der Waals surface area contributed by atoms with Crippen LogP contribution < -0.4 is 4.90 Å². The Morgan fingerprint density at radius 1 is 1.03 bits per heavy atom. The standard InChI is InChI=1S/C20H18F3N9O/c21-13-7-12(8-14(22)9-13)17-1-2-26-32(17)20(33)31-5-3-30(4-6-31)19-24-10-15(23)18(27-19)16-11-25-29-28-16/h2,7-11,17H,1,3-6H2,(H,25,28,29). The maximum Gasteiger partial charge on any atom is 0.341 e. The van der Waals surface area contributed by atoms with E-state index in [1.54, 1.807) is 11.1 Å². The fraction of sp³-hybridized carbons (Fsp3) is 0.300. The van der Waals surface area contributed by atoms with Crippen LogP contribution in [0.5, 0.6) is 0 Å². The molecule has 2 amide bonds. The highest BCUT2D eigenvalue weighted by Crippen LogP contribution is 2.30. The first kappa shape index (κ1) is 20.8. The average molecular weight is 457 g/mol. The van der Waals surface area contributed by atoms with Gasteiger partial charge >= 0.3 is 6.03 Å². The molecule has 33 heavy (non-hydrogen) atoms. The van der Waals surface area contributed by atoms with Gasteiger partial charge in [-0.15, -0.1) is 0 Å². The van der Waals surface area contributed by atoms with Crippen molar-refractivity contribution in [3.8, 4) is 11.4 Å². The minimum Gasteiger partial charge on any atom is -0.337 e. The Hall–Kier alpha value is -4.03. The van der Waals surface area contributed by atoms with Crippen LogP contribution in [0.1, 0.15) is 18.0 Å². The van der Waals surface area contributed by atoms with Crippen LogP contribution in [-0.4, -0.2) is 73.7 Å². The highest BCUT2D eigenvalue weighted by atomic mass is 19.1. The number of nitrogens with one attached hydrogen (secondary N) is 1. The van der Waals surface area contributed by atoms with Gasteiger partial charge in [-0.3, -0.25) is 0 Å². The number of nitrogens with zero attached hydrogens (tertiary/aromatic N) is 8.